The Labute approximate surface area is 134 Å². The zero-order valence-electron chi connectivity index (χ0n) is 13.5. The minimum absolute atomic E-state index is 0.497. The van der Waals surface area contributed by atoms with Crippen molar-refractivity contribution < 1.29 is 0 Å². The van der Waals surface area contributed by atoms with Crippen molar-refractivity contribution in [2.45, 2.75) is 71.3 Å². The van der Waals surface area contributed by atoms with E-state index in [9.17, 15) is 0 Å². The number of hydrogen-bond acceptors (Lipinski definition) is 1. The first-order valence-electron chi connectivity index (χ1n) is 8.31. The number of hydrogen-bond donors (Lipinski definition) is 2. The van der Waals surface area contributed by atoms with Crippen LogP contribution in [0.4, 0.5) is 5.69 Å². The van der Waals surface area contributed by atoms with Crippen molar-refractivity contribution >= 4 is 23.0 Å². The second-order valence-corrected chi connectivity index (χ2v) is 6.73. The summed E-state index contributed by atoms with van der Waals surface area (Å²) in [6.45, 7) is 6.66. The smallest absolute Gasteiger partial charge is 0.171 e. The average Bonchev–Trinajstić information content (AvgIpc) is 2.48. The summed E-state index contributed by atoms with van der Waals surface area (Å²) >= 11 is 5.55. The van der Waals surface area contributed by atoms with Gasteiger partial charge in [0.15, 0.2) is 5.11 Å². The minimum Gasteiger partial charge on any atom is -0.360 e. The molecule has 0 aromatic heterocycles. The Morgan fingerprint density at radius 3 is 2.57 bits per heavy atom. The summed E-state index contributed by atoms with van der Waals surface area (Å²) in [7, 11) is 0. The van der Waals surface area contributed by atoms with Crippen LogP contribution in [-0.4, -0.2) is 11.2 Å². The quantitative estimate of drug-likeness (QED) is 0.766. The summed E-state index contributed by atoms with van der Waals surface area (Å²) in [5.41, 5.74) is 3.90. The van der Waals surface area contributed by atoms with Crippen molar-refractivity contribution in [1.29, 1.82) is 0 Å². The van der Waals surface area contributed by atoms with E-state index in [2.05, 4.69) is 49.6 Å². The summed E-state index contributed by atoms with van der Waals surface area (Å²) in [4.78, 5) is 0. The maximum atomic E-state index is 5.55. The van der Waals surface area contributed by atoms with E-state index in [0.29, 0.717) is 12.0 Å². The van der Waals surface area contributed by atoms with Crippen molar-refractivity contribution in [3.05, 3.63) is 29.3 Å². The lowest BCUT2D eigenvalue weighted by Gasteiger charge is -2.26. The van der Waals surface area contributed by atoms with Crippen LogP contribution in [0.5, 0.6) is 0 Å². The predicted octanol–water partition coefficient (Wildman–Crippen LogP) is 4.99. The summed E-state index contributed by atoms with van der Waals surface area (Å²) in [5.74, 6) is 0.497. The molecular formula is C18H28N2S. The Morgan fingerprint density at radius 2 is 1.95 bits per heavy atom. The molecule has 0 heterocycles. The number of benzene rings is 1. The molecule has 0 unspecified atom stereocenters. The van der Waals surface area contributed by atoms with Crippen molar-refractivity contribution in [2.75, 3.05) is 5.32 Å². The third kappa shape index (κ3) is 4.44. The van der Waals surface area contributed by atoms with E-state index < -0.39 is 0 Å². The molecule has 2 N–H and O–H groups in total. The Hall–Kier alpha value is -1.09. The SMILES string of the molecule is CCc1cccc(C(C)C)c1NC(=S)NC1CCCCC1. The summed E-state index contributed by atoms with van der Waals surface area (Å²) in [6, 6.07) is 7.10. The molecule has 0 aliphatic heterocycles. The molecule has 1 aliphatic carbocycles. The molecule has 0 radical (unpaired) electrons. The fourth-order valence-electron chi connectivity index (χ4n) is 3.13. The van der Waals surface area contributed by atoms with Gasteiger partial charge in [-0.05, 0) is 48.5 Å². The predicted molar refractivity (Wildman–Crippen MR) is 96.1 cm³/mol. The second kappa shape index (κ2) is 7.79. The minimum atomic E-state index is 0.497. The molecule has 0 atom stereocenters. The standard InChI is InChI=1S/C18H28N2S/c1-4-14-9-8-12-16(13(2)3)17(14)20-18(21)19-15-10-6-5-7-11-15/h8-9,12-13,15H,4-7,10-11H2,1-3H3,(H2,19,20,21). The van der Waals surface area contributed by atoms with Gasteiger partial charge in [-0.3, -0.25) is 0 Å². The van der Waals surface area contributed by atoms with E-state index >= 15 is 0 Å². The van der Waals surface area contributed by atoms with Crippen LogP contribution in [0.2, 0.25) is 0 Å². The number of rotatable bonds is 4. The molecule has 2 rings (SSSR count). The monoisotopic (exact) mass is 304 g/mol. The Kier molecular flexibility index (Phi) is 6.04. The first-order valence-corrected chi connectivity index (χ1v) is 8.72. The van der Waals surface area contributed by atoms with Crippen LogP contribution < -0.4 is 10.6 Å². The van der Waals surface area contributed by atoms with Crippen molar-refractivity contribution in [2.24, 2.45) is 0 Å². The third-order valence-corrected chi connectivity index (χ3v) is 4.58. The summed E-state index contributed by atoms with van der Waals surface area (Å²) in [6.07, 6.45) is 7.53. The number of nitrogens with one attached hydrogen (secondary N) is 2. The molecule has 1 saturated carbocycles. The number of para-hydroxylation sites is 1. The van der Waals surface area contributed by atoms with E-state index in [1.165, 1.54) is 48.9 Å². The largest absolute Gasteiger partial charge is 0.360 e. The molecule has 116 valence electrons. The van der Waals surface area contributed by atoms with E-state index in [0.717, 1.165) is 11.5 Å². The van der Waals surface area contributed by atoms with Crippen molar-refractivity contribution in [3.8, 4) is 0 Å². The maximum absolute atomic E-state index is 5.55. The van der Waals surface area contributed by atoms with Gasteiger partial charge in [0, 0.05) is 11.7 Å². The normalized spacial score (nSPS) is 16.0. The van der Waals surface area contributed by atoms with Crippen LogP contribution in [0.1, 0.15) is 69.9 Å². The van der Waals surface area contributed by atoms with Crippen LogP contribution in [-0.2, 0) is 6.42 Å². The van der Waals surface area contributed by atoms with Crippen LogP contribution in [0.15, 0.2) is 18.2 Å². The molecule has 1 fully saturated rings. The lowest BCUT2D eigenvalue weighted by molar-refractivity contribution is 0.415. The van der Waals surface area contributed by atoms with Crippen LogP contribution >= 0.6 is 12.2 Å². The molecule has 0 bridgehead atoms. The van der Waals surface area contributed by atoms with Gasteiger partial charge >= 0.3 is 0 Å². The molecule has 0 spiro atoms. The summed E-state index contributed by atoms with van der Waals surface area (Å²) in [5, 5.41) is 7.77. The lowest BCUT2D eigenvalue weighted by Crippen LogP contribution is -2.39. The van der Waals surface area contributed by atoms with Gasteiger partial charge in [-0.2, -0.15) is 0 Å². The number of anilines is 1. The first-order chi connectivity index (χ1) is 10.1. The number of aryl methyl sites for hydroxylation is 1. The van der Waals surface area contributed by atoms with Crippen LogP contribution in [0, 0.1) is 0 Å². The van der Waals surface area contributed by atoms with E-state index in [-0.39, 0.29) is 0 Å². The highest BCUT2D eigenvalue weighted by molar-refractivity contribution is 7.80. The Morgan fingerprint density at radius 1 is 1.24 bits per heavy atom. The van der Waals surface area contributed by atoms with Gasteiger partial charge in [0.2, 0.25) is 0 Å². The van der Waals surface area contributed by atoms with E-state index in [1.54, 1.807) is 0 Å². The van der Waals surface area contributed by atoms with E-state index in [1.807, 2.05) is 0 Å². The molecular weight excluding hydrogens is 276 g/mol. The molecule has 0 saturated heterocycles. The molecule has 1 aromatic carbocycles. The van der Waals surface area contributed by atoms with E-state index in [4.69, 9.17) is 12.2 Å². The van der Waals surface area contributed by atoms with Crippen LogP contribution in [0.25, 0.3) is 0 Å². The fourth-order valence-corrected chi connectivity index (χ4v) is 3.40. The van der Waals surface area contributed by atoms with Gasteiger partial charge in [0.05, 0.1) is 0 Å². The van der Waals surface area contributed by atoms with Gasteiger partial charge in [-0.15, -0.1) is 0 Å². The zero-order valence-corrected chi connectivity index (χ0v) is 14.4. The Balaban J connectivity index is 2.08. The summed E-state index contributed by atoms with van der Waals surface area (Å²) < 4.78 is 0. The van der Waals surface area contributed by atoms with Crippen molar-refractivity contribution in [1.82, 2.24) is 5.32 Å². The molecule has 1 aromatic rings. The van der Waals surface area contributed by atoms with Crippen molar-refractivity contribution in [3.63, 3.8) is 0 Å². The lowest BCUT2D eigenvalue weighted by atomic mass is 9.95. The highest BCUT2D eigenvalue weighted by atomic mass is 32.1. The molecule has 2 nitrogen and oxygen atoms in total. The van der Waals surface area contributed by atoms with Gasteiger partial charge < -0.3 is 10.6 Å². The van der Waals surface area contributed by atoms with Gasteiger partial charge in [0.1, 0.15) is 0 Å². The number of thiocarbonyl (C=S) groups is 1. The van der Waals surface area contributed by atoms with Crippen LogP contribution in [0.3, 0.4) is 0 Å². The maximum Gasteiger partial charge on any atom is 0.171 e. The molecule has 3 heteroatoms. The highest BCUT2D eigenvalue weighted by Gasteiger charge is 2.16. The third-order valence-electron chi connectivity index (χ3n) is 4.36. The average molecular weight is 305 g/mol. The molecule has 1 aliphatic rings. The Bertz CT molecular complexity index is 476. The van der Waals surface area contributed by atoms with Gasteiger partial charge in [-0.25, -0.2) is 0 Å². The fraction of sp³-hybridized carbons (Fsp3) is 0.611. The second-order valence-electron chi connectivity index (χ2n) is 6.32. The van der Waals surface area contributed by atoms with Gasteiger partial charge in [-0.1, -0.05) is 58.2 Å². The highest BCUT2D eigenvalue weighted by Crippen LogP contribution is 2.28. The zero-order chi connectivity index (χ0) is 15.2. The van der Waals surface area contributed by atoms with Gasteiger partial charge in [0.25, 0.3) is 0 Å². The molecule has 0 amide bonds. The topological polar surface area (TPSA) is 24.1 Å². The first kappa shape index (κ1) is 16.3. The molecule has 21 heavy (non-hydrogen) atoms.